The molecule has 1 saturated heterocycles. The summed E-state index contributed by atoms with van der Waals surface area (Å²) in [7, 11) is 0. The van der Waals surface area contributed by atoms with Gasteiger partial charge in [0.25, 0.3) is 5.91 Å². The molecule has 4 nitrogen and oxygen atoms in total. The number of carbonyl (C=O) groups excluding carboxylic acids is 2. The molecule has 1 aliphatic heterocycles. The molecular formula is C12H13ClN2O2. The number of nitrogens with zero attached hydrogens (tertiary/aromatic N) is 1. The first kappa shape index (κ1) is 11.9. The third-order valence-electron chi connectivity index (χ3n) is 2.77. The molecule has 1 heterocycles. The zero-order chi connectivity index (χ0) is 12.4. The van der Waals surface area contributed by atoms with Crippen LogP contribution in [0.1, 0.15) is 17.2 Å². The number of alkyl halides is 1. The third-order valence-corrected chi connectivity index (χ3v) is 2.94. The summed E-state index contributed by atoms with van der Waals surface area (Å²) >= 11 is 5.64. The Kier molecular flexibility index (Phi) is 3.33. The van der Waals surface area contributed by atoms with Crippen molar-refractivity contribution in [3.8, 4) is 0 Å². The van der Waals surface area contributed by atoms with E-state index < -0.39 is 6.04 Å². The number of hydrogen-bond donors (Lipinski definition) is 1. The molecule has 1 N–H and O–H groups in total. The fourth-order valence-corrected chi connectivity index (χ4v) is 2.09. The van der Waals surface area contributed by atoms with E-state index in [0.29, 0.717) is 12.4 Å². The molecule has 0 radical (unpaired) electrons. The molecule has 90 valence electrons. The first-order valence-electron chi connectivity index (χ1n) is 5.37. The molecule has 5 heteroatoms. The Hall–Kier alpha value is -1.55. The lowest BCUT2D eigenvalue weighted by Crippen LogP contribution is -2.31. The Morgan fingerprint density at radius 2 is 1.94 bits per heavy atom. The van der Waals surface area contributed by atoms with Crippen molar-refractivity contribution >= 4 is 23.5 Å². The largest absolute Gasteiger partial charge is 0.325 e. The number of aryl methyl sites for hydroxylation is 1. The van der Waals surface area contributed by atoms with Crippen LogP contribution < -0.4 is 5.32 Å². The molecule has 1 aromatic rings. The van der Waals surface area contributed by atoms with Gasteiger partial charge in [0.2, 0.25) is 0 Å². The van der Waals surface area contributed by atoms with E-state index in [1.807, 2.05) is 31.2 Å². The number of hydrogen-bond acceptors (Lipinski definition) is 2. The van der Waals surface area contributed by atoms with Gasteiger partial charge >= 0.3 is 6.03 Å². The summed E-state index contributed by atoms with van der Waals surface area (Å²) in [4.78, 5) is 24.8. The minimum atomic E-state index is -0.554. The van der Waals surface area contributed by atoms with E-state index in [1.165, 1.54) is 4.90 Å². The minimum Gasteiger partial charge on any atom is -0.307 e. The van der Waals surface area contributed by atoms with Crippen molar-refractivity contribution in [1.82, 2.24) is 10.2 Å². The highest BCUT2D eigenvalue weighted by atomic mass is 35.5. The average Bonchev–Trinajstić information content (AvgIpc) is 2.56. The van der Waals surface area contributed by atoms with Crippen LogP contribution in [-0.4, -0.2) is 29.3 Å². The molecule has 0 bridgehead atoms. The van der Waals surface area contributed by atoms with E-state index in [2.05, 4.69) is 5.32 Å². The SMILES string of the molecule is Cc1ccc(C2C(=O)NC(=O)N2CCCl)cc1. The van der Waals surface area contributed by atoms with Crippen LogP contribution in [0.4, 0.5) is 4.79 Å². The van der Waals surface area contributed by atoms with Gasteiger partial charge in [-0.15, -0.1) is 11.6 Å². The Balaban J connectivity index is 2.31. The molecule has 1 atom stereocenters. The molecule has 0 saturated carbocycles. The maximum absolute atomic E-state index is 11.7. The molecule has 17 heavy (non-hydrogen) atoms. The molecule has 1 fully saturated rings. The van der Waals surface area contributed by atoms with E-state index in [9.17, 15) is 9.59 Å². The van der Waals surface area contributed by atoms with Gasteiger partial charge in [-0.1, -0.05) is 29.8 Å². The fourth-order valence-electron chi connectivity index (χ4n) is 1.91. The van der Waals surface area contributed by atoms with E-state index in [1.54, 1.807) is 0 Å². The third kappa shape index (κ3) is 2.26. The zero-order valence-corrected chi connectivity index (χ0v) is 10.2. The first-order chi connectivity index (χ1) is 8.13. The van der Waals surface area contributed by atoms with Crippen molar-refractivity contribution in [2.45, 2.75) is 13.0 Å². The Bertz CT molecular complexity index is 444. The van der Waals surface area contributed by atoms with Gasteiger partial charge in [-0.25, -0.2) is 4.79 Å². The van der Waals surface area contributed by atoms with Gasteiger partial charge in [-0.05, 0) is 12.5 Å². The van der Waals surface area contributed by atoms with Crippen molar-refractivity contribution < 1.29 is 9.59 Å². The summed E-state index contributed by atoms with van der Waals surface area (Å²) in [6.45, 7) is 2.33. The summed E-state index contributed by atoms with van der Waals surface area (Å²) < 4.78 is 0. The van der Waals surface area contributed by atoms with Crippen molar-refractivity contribution in [2.75, 3.05) is 12.4 Å². The topological polar surface area (TPSA) is 49.4 Å². The molecule has 2 rings (SSSR count). The lowest BCUT2D eigenvalue weighted by atomic mass is 10.0. The Morgan fingerprint density at radius 1 is 1.29 bits per heavy atom. The van der Waals surface area contributed by atoms with E-state index >= 15 is 0 Å². The summed E-state index contributed by atoms with van der Waals surface area (Å²) in [5.74, 6) is 0.0206. The average molecular weight is 253 g/mol. The first-order valence-corrected chi connectivity index (χ1v) is 5.91. The van der Waals surface area contributed by atoms with Crippen LogP contribution in [0.3, 0.4) is 0 Å². The highest BCUT2D eigenvalue weighted by Gasteiger charge is 2.38. The van der Waals surface area contributed by atoms with Crippen LogP contribution in [0, 0.1) is 6.92 Å². The second-order valence-corrected chi connectivity index (χ2v) is 4.37. The van der Waals surface area contributed by atoms with Crippen LogP contribution >= 0.6 is 11.6 Å². The van der Waals surface area contributed by atoms with Gasteiger partial charge < -0.3 is 4.90 Å². The number of benzene rings is 1. The molecule has 1 unspecified atom stereocenters. The number of urea groups is 1. The molecule has 3 amide bonds. The molecule has 1 aromatic carbocycles. The van der Waals surface area contributed by atoms with E-state index in [-0.39, 0.29) is 11.9 Å². The number of imide groups is 1. The van der Waals surface area contributed by atoms with Crippen LogP contribution in [0.2, 0.25) is 0 Å². The minimum absolute atomic E-state index is 0.288. The second-order valence-electron chi connectivity index (χ2n) is 3.99. The summed E-state index contributed by atoms with van der Waals surface area (Å²) in [5.41, 5.74) is 1.92. The molecule has 0 aliphatic carbocycles. The highest BCUT2D eigenvalue weighted by molar-refractivity contribution is 6.18. The van der Waals surface area contributed by atoms with Crippen LogP contribution in [0.5, 0.6) is 0 Å². The number of amides is 3. The molecule has 0 spiro atoms. The highest BCUT2D eigenvalue weighted by Crippen LogP contribution is 2.25. The van der Waals surface area contributed by atoms with Crippen molar-refractivity contribution in [1.29, 1.82) is 0 Å². The van der Waals surface area contributed by atoms with Gasteiger partial charge in [-0.3, -0.25) is 10.1 Å². The quantitative estimate of drug-likeness (QED) is 0.659. The lowest BCUT2D eigenvalue weighted by Gasteiger charge is -2.20. The van der Waals surface area contributed by atoms with Crippen molar-refractivity contribution in [3.05, 3.63) is 35.4 Å². The van der Waals surface area contributed by atoms with Crippen molar-refractivity contribution in [2.24, 2.45) is 0 Å². The summed E-state index contributed by atoms with van der Waals surface area (Å²) in [5, 5.41) is 2.30. The second kappa shape index (κ2) is 4.75. The van der Waals surface area contributed by atoms with Gasteiger partial charge in [0.1, 0.15) is 6.04 Å². The summed E-state index contributed by atoms with van der Waals surface area (Å²) in [6.07, 6.45) is 0. The van der Waals surface area contributed by atoms with Gasteiger partial charge in [-0.2, -0.15) is 0 Å². The van der Waals surface area contributed by atoms with Crippen LogP contribution in [-0.2, 0) is 4.79 Å². The smallest absolute Gasteiger partial charge is 0.307 e. The summed E-state index contributed by atoms with van der Waals surface area (Å²) in [6, 6.07) is 6.64. The van der Waals surface area contributed by atoms with Gasteiger partial charge in [0, 0.05) is 12.4 Å². The maximum atomic E-state index is 11.7. The number of carbonyl (C=O) groups is 2. The molecule has 1 aliphatic rings. The monoisotopic (exact) mass is 252 g/mol. The zero-order valence-electron chi connectivity index (χ0n) is 9.44. The number of rotatable bonds is 3. The normalized spacial score (nSPS) is 19.6. The molecular weight excluding hydrogens is 240 g/mol. The maximum Gasteiger partial charge on any atom is 0.325 e. The van der Waals surface area contributed by atoms with Crippen LogP contribution in [0.15, 0.2) is 24.3 Å². The Labute approximate surface area is 105 Å². The van der Waals surface area contributed by atoms with Gasteiger partial charge in [0.15, 0.2) is 0 Å². The molecule has 0 aromatic heterocycles. The van der Waals surface area contributed by atoms with Crippen LogP contribution in [0.25, 0.3) is 0 Å². The van der Waals surface area contributed by atoms with E-state index in [0.717, 1.165) is 11.1 Å². The number of nitrogens with one attached hydrogen (secondary N) is 1. The number of halogens is 1. The van der Waals surface area contributed by atoms with E-state index in [4.69, 9.17) is 11.6 Å². The van der Waals surface area contributed by atoms with Gasteiger partial charge in [0.05, 0.1) is 0 Å². The Morgan fingerprint density at radius 3 is 2.53 bits per heavy atom. The standard InChI is InChI=1S/C12H13ClN2O2/c1-8-2-4-9(5-3-8)10-11(16)14-12(17)15(10)7-6-13/h2-5,10H,6-7H2,1H3,(H,14,16,17). The predicted molar refractivity (Wildman–Crippen MR) is 64.9 cm³/mol. The van der Waals surface area contributed by atoms with Crippen molar-refractivity contribution in [3.63, 3.8) is 0 Å². The predicted octanol–water partition coefficient (Wildman–Crippen LogP) is 1.83. The lowest BCUT2D eigenvalue weighted by molar-refractivity contribution is -0.121. The fraction of sp³-hybridized carbons (Fsp3) is 0.333.